The van der Waals surface area contributed by atoms with Crippen molar-refractivity contribution in [3.8, 4) is 11.8 Å². The lowest BCUT2D eigenvalue weighted by Crippen LogP contribution is -2.29. The Kier molecular flexibility index (Phi) is 3.58. The first-order valence-corrected chi connectivity index (χ1v) is 5.72. The molecule has 1 aliphatic carbocycles. The Balaban J connectivity index is 2.14. The van der Waals surface area contributed by atoms with E-state index in [1.165, 1.54) is 0 Å². The highest BCUT2D eigenvalue weighted by molar-refractivity contribution is 5.25. The molecular weight excluding hydrogens is 224 g/mol. The molecule has 0 radical (unpaired) electrons. The molecule has 17 heavy (non-hydrogen) atoms. The van der Waals surface area contributed by atoms with Crippen molar-refractivity contribution in [3.05, 3.63) is 29.8 Å². The number of rotatable bonds is 2. The molecule has 4 heteroatoms. The zero-order valence-corrected chi connectivity index (χ0v) is 9.33. The molecule has 2 nitrogen and oxygen atoms in total. The van der Waals surface area contributed by atoms with Crippen LogP contribution in [-0.4, -0.2) is 6.10 Å². The van der Waals surface area contributed by atoms with E-state index >= 15 is 0 Å². The van der Waals surface area contributed by atoms with Crippen LogP contribution in [0.1, 0.15) is 25.7 Å². The maximum Gasteiger partial charge on any atom is 0.165 e. The van der Waals surface area contributed by atoms with Crippen molar-refractivity contribution < 1.29 is 13.5 Å². The number of hydrogen-bond acceptors (Lipinski definition) is 2. The van der Waals surface area contributed by atoms with Crippen molar-refractivity contribution in [2.75, 3.05) is 0 Å². The van der Waals surface area contributed by atoms with Crippen LogP contribution in [0.2, 0.25) is 0 Å². The van der Waals surface area contributed by atoms with Gasteiger partial charge in [0.2, 0.25) is 0 Å². The van der Waals surface area contributed by atoms with Crippen molar-refractivity contribution in [1.82, 2.24) is 0 Å². The van der Waals surface area contributed by atoms with E-state index in [1.54, 1.807) is 0 Å². The summed E-state index contributed by atoms with van der Waals surface area (Å²) in [5, 5.41) is 8.97. The number of benzene rings is 1. The minimum Gasteiger partial charge on any atom is -0.486 e. The summed E-state index contributed by atoms with van der Waals surface area (Å²) in [7, 11) is 0. The lowest BCUT2D eigenvalue weighted by Gasteiger charge is -2.27. The van der Waals surface area contributed by atoms with Crippen LogP contribution in [0.25, 0.3) is 0 Å². The summed E-state index contributed by atoms with van der Waals surface area (Å²) in [5.41, 5.74) is 0. The van der Waals surface area contributed by atoms with Crippen molar-refractivity contribution >= 4 is 0 Å². The highest BCUT2D eigenvalue weighted by Gasteiger charge is 2.27. The van der Waals surface area contributed by atoms with Crippen molar-refractivity contribution in [3.63, 3.8) is 0 Å². The van der Waals surface area contributed by atoms with E-state index in [9.17, 15) is 8.78 Å². The predicted molar refractivity (Wildman–Crippen MR) is 58.3 cm³/mol. The summed E-state index contributed by atoms with van der Waals surface area (Å²) < 4.78 is 31.8. The summed E-state index contributed by atoms with van der Waals surface area (Å²) in [5.74, 6) is -1.46. The summed E-state index contributed by atoms with van der Waals surface area (Å²) >= 11 is 0. The average Bonchev–Trinajstić information content (AvgIpc) is 2.34. The van der Waals surface area contributed by atoms with Crippen LogP contribution in [0.4, 0.5) is 8.78 Å². The molecule has 0 saturated heterocycles. The third kappa shape index (κ3) is 2.73. The topological polar surface area (TPSA) is 33.0 Å². The van der Waals surface area contributed by atoms with Gasteiger partial charge in [0.25, 0.3) is 0 Å². The quantitative estimate of drug-likeness (QED) is 0.789. The molecule has 0 N–H and O–H groups in total. The van der Waals surface area contributed by atoms with Crippen LogP contribution >= 0.6 is 0 Å². The van der Waals surface area contributed by atoms with E-state index in [0.717, 1.165) is 37.5 Å². The number of nitrogens with zero attached hydrogens (tertiary/aromatic N) is 1. The molecule has 0 bridgehead atoms. The molecule has 1 fully saturated rings. The number of hydrogen-bond donors (Lipinski definition) is 0. The van der Waals surface area contributed by atoms with E-state index in [-0.39, 0.29) is 17.8 Å². The van der Waals surface area contributed by atoms with Gasteiger partial charge in [-0.2, -0.15) is 5.26 Å². The predicted octanol–water partition coefficient (Wildman–Crippen LogP) is 3.43. The normalized spacial score (nSPS) is 24.1. The van der Waals surface area contributed by atoms with Gasteiger partial charge in [-0.05, 0) is 31.4 Å². The van der Waals surface area contributed by atoms with Crippen LogP contribution in [0.3, 0.4) is 0 Å². The summed E-state index contributed by atoms with van der Waals surface area (Å²) in [6.07, 6.45) is 3.10. The number of nitriles is 1. The van der Waals surface area contributed by atoms with Gasteiger partial charge >= 0.3 is 0 Å². The minimum absolute atomic E-state index is 0.0999. The summed E-state index contributed by atoms with van der Waals surface area (Å²) in [6, 6.07) is 5.28. The molecule has 90 valence electrons. The van der Waals surface area contributed by atoms with Crippen molar-refractivity contribution in [2.24, 2.45) is 5.92 Å². The van der Waals surface area contributed by atoms with Crippen LogP contribution in [0, 0.1) is 28.9 Å². The molecule has 1 aromatic carbocycles. The molecule has 1 aliphatic rings. The molecule has 0 heterocycles. The molecule has 2 rings (SSSR count). The molecule has 0 aromatic heterocycles. The van der Waals surface area contributed by atoms with Crippen LogP contribution in [0.15, 0.2) is 18.2 Å². The Labute approximate surface area is 98.8 Å². The maximum absolute atomic E-state index is 13.4. The molecule has 2 atom stereocenters. The first-order valence-electron chi connectivity index (χ1n) is 5.72. The monoisotopic (exact) mass is 237 g/mol. The number of halogens is 2. The van der Waals surface area contributed by atoms with Crippen LogP contribution < -0.4 is 4.74 Å². The molecule has 0 aliphatic heterocycles. The SMILES string of the molecule is N#CC1CCCCC1Oc1cc(F)ccc1F. The van der Waals surface area contributed by atoms with Crippen LogP contribution in [-0.2, 0) is 0 Å². The van der Waals surface area contributed by atoms with E-state index in [2.05, 4.69) is 6.07 Å². The Morgan fingerprint density at radius 2 is 2.00 bits per heavy atom. The maximum atomic E-state index is 13.4. The third-order valence-corrected chi connectivity index (χ3v) is 3.04. The van der Waals surface area contributed by atoms with Crippen molar-refractivity contribution in [2.45, 2.75) is 31.8 Å². The molecule has 0 amide bonds. The number of ether oxygens (including phenoxy) is 1. The van der Waals surface area contributed by atoms with Gasteiger partial charge in [0, 0.05) is 6.07 Å². The van der Waals surface area contributed by atoms with Crippen molar-refractivity contribution in [1.29, 1.82) is 5.26 Å². The van der Waals surface area contributed by atoms with Gasteiger partial charge in [0.15, 0.2) is 11.6 Å². The first-order chi connectivity index (χ1) is 8.20. The molecule has 1 aromatic rings. The van der Waals surface area contributed by atoms with Gasteiger partial charge in [-0.3, -0.25) is 0 Å². The lowest BCUT2D eigenvalue weighted by atomic mass is 9.87. The lowest BCUT2D eigenvalue weighted by molar-refractivity contribution is 0.114. The second-order valence-corrected chi connectivity index (χ2v) is 4.25. The Morgan fingerprint density at radius 3 is 2.76 bits per heavy atom. The molecule has 1 saturated carbocycles. The largest absolute Gasteiger partial charge is 0.486 e. The Hall–Kier alpha value is -1.63. The average molecular weight is 237 g/mol. The van der Waals surface area contributed by atoms with Gasteiger partial charge < -0.3 is 4.74 Å². The minimum atomic E-state index is -0.589. The van der Waals surface area contributed by atoms with E-state index < -0.39 is 11.6 Å². The van der Waals surface area contributed by atoms with E-state index in [4.69, 9.17) is 10.00 Å². The standard InChI is InChI=1S/C13H13F2NO/c14-10-5-6-11(15)13(7-10)17-12-4-2-1-3-9(12)8-16/h5-7,9,12H,1-4H2. The molecule has 0 spiro atoms. The van der Waals surface area contributed by atoms with E-state index in [1.807, 2.05) is 0 Å². The zero-order chi connectivity index (χ0) is 12.3. The van der Waals surface area contributed by atoms with Gasteiger partial charge in [0.1, 0.15) is 11.9 Å². The zero-order valence-electron chi connectivity index (χ0n) is 9.33. The second kappa shape index (κ2) is 5.13. The van der Waals surface area contributed by atoms with Gasteiger partial charge in [-0.25, -0.2) is 8.78 Å². The van der Waals surface area contributed by atoms with Gasteiger partial charge in [-0.15, -0.1) is 0 Å². The fourth-order valence-corrected chi connectivity index (χ4v) is 2.12. The van der Waals surface area contributed by atoms with Gasteiger partial charge in [-0.1, -0.05) is 6.42 Å². The fraction of sp³-hybridized carbons (Fsp3) is 0.462. The van der Waals surface area contributed by atoms with Crippen LogP contribution in [0.5, 0.6) is 5.75 Å². The molecular formula is C13H13F2NO. The second-order valence-electron chi connectivity index (χ2n) is 4.25. The Morgan fingerprint density at radius 1 is 1.24 bits per heavy atom. The highest BCUT2D eigenvalue weighted by Crippen LogP contribution is 2.29. The Bertz CT molecular complexity index is 442. The van der Waals surface area contributed by atoms with E-state index in [0.29, 0.717) is 6.42 Å². The van der Waals surface area contributed by atoms with Gasteiger partial charge in [0.05, 0.1) is 12.0 Å². The molecule has 2 unspecified atom stereocenters. The first kappa shape index (κ1) is 11.8. The fourth-order valence-electron chi connectivity index (χ4n) is 2.12. The summed E-state index contributed by atoms with van der Waals surface area (Å²) in [6.45, 7) is 0. The third-order valence-electron chi connectivity index (χ3n) is 3.04. The summed E-state index contributed by atoms with van der Waals surface area (Å²) in [4.78, 5) is 0. The smallest absolute Gasteiger partial charge is 0.165 e. The highest BCUT2D eigenvalue weighted by atomic mass is 19.1.